The number of allylic oxidation sites excluding steroid dienone is 2. The van der Waals surface area contributed by atoms with Crippen LogP contribution in [-0.2, 0) is 16.1 Å². The second-order valence-corrected chi connectivity index (χ2v) is 5.85. The summed E-state index contributed by atoms with van der Waals surface area (Å²) in [5.41, 5.74) is -0.0783. The molecule has 0 fully saturated rings. The lowest BCUT2D eigenvalue weighted by Gasteiger charge is -2.39. The van der Waals surface area contributed by atoms with Gasteiger partial charge >= 0.3 is 0 Å². The summed E-state index contributed by atoms with van der Waals surface area (Å²) < 4.78 is 5.77. The first-order chi connectivity index (χ1) is 11.5. The topological polar surface area (TPSA) is 66.8 Å². The molecule has 0 aliphatic heterocycles. The Morgan fingerprint density at radius 3 is 2.67 bits per heavy atom. The molecule has 1 aromatic carbocycles. The average molecular weight is 326 g/mol. The summed E-state index contributed by atoms with van der Waals surface area (Å²) in [7, 11) is 0. The quantitative estimate of drug-likeness (QED) is 0.831. The van der Waals surface area contributed by atoms with Gasteiger partial charge in [0.05, 0.1) is 19.3 Å². The molecule has 3 atom stereocenters. The number of rotatable bonds is 4. The van der Waals surface area contributed by atoms with E-state index < -0.39 is 17.6 Å². The second-order valence-electron chi connectivity index (χ2n) is 5.85. The van der Waals surface area contributed by atoms with Crippen molar-refractivity contribution < 1.29 is 19.7 Å². The maximum absolute atomic E-state index is 12.5. The zero-order valence-corrected chi connectivity index (χ0v) is 13.9. The highest BCUT2D eigenvalue weighted by atomic mass is 16.5. The molecule has 0 saturated carbocycles. The van der Waals surface area contributed by atoms with Gasteiger partial charge in [0.25, 0.3) is 0 Å². The molecule has 0 radical (unpaired) electrons. The Balaban J connectivity index is 2.25. The van der Waals surface area contributed by atoms with Gasteiger partial charge in [0.15, 0.2) is 11.4 Å². The van der Waals surface area contributed by atoms with E-state index >= 15 is 0 Å². The van der Waals surface area contributed by atoms with Crippen molar-refractivity contribution in [2.24, 2.45) is 5.92 Å². The number of hydrogen-bond acceptors (Lipinski definition) is 4. The predicted molar refractivity (Wildman–Crippen MR) is 91.9 cm³/mol. The van der Waals surface area contributed by atoms with Gasteiger partial charge in [0, 0.05) is 11.5 Å². The summed E-state index contributed by atoms with van der Waals surface area (Å²) in [6.45, 7) is 3.28. The molecule has 2 N–H and O–H groups in total. The summed E-state index contributed by atoms with van der Waals surface area (Å²) in [6, 6.07) is 9.43. The number of hydrogen-bond donors (Lipinski definition) is 2. The Morgan fingerprint density at radius 1 is 1.33 bits per heavy atom. The van der Waals surface area contributed by atoms with Crippen molar-refractivity contribution in [1.82, 2.24) is 0 Å². The Kier molecular flexibility index (Phi) is 6.10. The molecular weight excluding hydrogens is 304 g/mol. The normalized spacial score (nSPS) is 26.8. The van der Waals surface area contributed by atoms with Gasteiger partial charge in [-0.3, -0.25) is 4.79 Å². The molecule has 0 spiro atoms. The summed E-state index contributed by atoms with van der Waals surface area (Å²) in [5.74, 6) is 4.61. The Labute approximate surface area is 142 Å². The minimum atomic E-state index is -1.41. The number of carbonyl (C=O) groups is 1. The first-order valence-corrected chi connectivity index (χ1v) is 7.88. The third-order valence-corrected chi connectivity index (χ3v) is 4.17. The van der Waals surface area contributed by atoms with Crippen LogP contribution >= 0.6 is 0 Å². The summed E-state index contributed by atoms with van der Waals surface area (Å²) >= 11 is 0. The van der Waals surface area contributed by atoms with Gasteiger partial charge < -0.3 is 14.9 Å². The highest BCUT2D eigenvalue weighted by Crippen LogP contribution is 2.33. The molecule has 0 unspecified atom stereocenters. The fourth-order valence-electron chi connectivity index (χ4n) is 2.59. The molecular formula is C20H22O4. The van der Waals surface area contributed by atoms with E-state index in [0.717, 1.165) is 5.56 Å². The van der Waals surface area contributed by atoms with Crippen molar-refractivity contribution in [3.8, 4) is 11.8 Å². The van der Waals surface area contributed by atoms with Crippen molar-refractivity contribution in [3.63, 3.8) is 0 Å². The van der Waals surface area contributed by atoms with Gasteiger partial charge in [0.1, 0.15) is 0 Å². The van der Waals surface area contributed by atoms with Crippen LogP contribution < -0.4 is 0 Å². The number of ether oxygens (including phenoxy) is 1. The van der Waals surface area contributed by atoms with E-state index in [1.54, 1.807) is 19.1 Å². The number of aliphatic hydroxyl groups excluding tert-OH is 2. The molecule has 0 aromatic heterocycles. The highest BCUT2D eigenvalue weighted by Gasteiger charge is 2.48. The molecule has 1 aliphatic rings. The maximum atomic E-state index is 12.5. The molecule has 0 saturated heterocycles. The van der Waals surface area contributed by atoms with Crippen molar-refractivity contribution in [1.29, 1.82) is 0 Å². The zero-order valence-electron chi connectivity index (χ0n) is 13.9. The first-order valence-electron chi connectivity index (χ1n) is 7.88. The van der Waals surface area contributed by atoms with Crippen molar-refractivity contribution in [2.45, 2.75) is 32.2 Å². The maximum Gasteiger partial charge on any atom is 0.190 e. The van der Waals surface area contributed by atoms with E-state index in [9.17, 15) is 15.0 Å². The lowest BCUT2D eigenvalue weighted by Crippen LogP contribution is -2.55. The molecule has 2 rings (SSSR count). The fraction of sp³-hybridized carbons (Fsp3) is 0.350. The molecule has 4 nitrogen and oxygen atoms in total. The van der Waals surface area contributed by atoms with Gasteiger partial charge in [-0.15, -0.1) is 0 Å². The van der Waals surface area contributed by atoms with Gasteiger partial charge in [-0.2, -0.15) is 0 Å². The molecule has 24 heavy (non-hydrogen) atoms. The third-order valence-electron chi connectivity index (χ3n) is 4.17. The van der Waals surface area contributed by atoms with Crippen molar-refractivity contribution in [3.05, 3.63) is 59.7 Å². The van der Waals surface area contributed by atoms with Crippen LogP contribution in [0, 0.1) is 17.8 Å². The van der Waals surface area contributed by atoms with E-state index in [4.69, 9.17) is 4.74 Å². The third kappa shape index (κ3) is 3.82. The first kappa shape index (κ1) is 18.2. The fourth-order valence-corrected chi connectivity index (χ4v) is 2.59. The predicted octanol–water partition coefficient (Wildman–Crippen LogP) is 2.02. The van der Waals surface area contributed by atoms with Crippen molar-refractivity contribution in [2.75, 3.05) is 6.61 Å². The average Bonchev–Trinajstić information content (AvgIpc) is 2.60. The van der Waals surface area contributed by atoms with Crippen LogP contribution in [0.5, 0.6) is 0 Å². The molecule has 126 valence electrons. The van der Waals surface area contributed by atoms with E-state index in [0.29, 0.717) is 5.57 Å². The largest absolute Gasteiger partial charge is 0.396 e. The van der Waals surface area contributed by atoms with E-state index in [2.05, 4.69) is 11.8 Å². The van der Waals surface area contributed by atoms with Crippen molar-refractivity contribution >= 4 is 5.78 Å². The Hall–Kier alpha value is -2.19. The smallest absolute Gasteiger partial charge is 0.190 e. The molecule has 0 heterocycles. The number of benzene rings is 1. The number of ketones is 1. The van der Waals surface area contributed by atoms with E-state index in [1.165, 1.54) is 6.08 Å². The summed E-state index contributed by atoms with van der Waals surface area (Å²) in [5, 5.41) is 20.3. The number of carbonyl (C=O) groups excluding carboxylic acids is 1. The van der Waals surface area contributed by atoms with Crippen LogP contribution in [0.4, 0.5) is 0 Å². The van der Waals surface area contributed by atoms with Gasteiger partial charge in [-0.1, -0.05) is 48.2 Å². The summed E-state index contributed by atoms with van der Waals surface area (Å²) in [4.78, 5) is 12.5. The monoisotopic (exact) mass is 326 g/mol. The van der Waals surface area contributed by atoms with Crippen LogP contribution in [0.25, 0.3) is 0 Å². The molecule has 0 amide bonds. The molecule has 4 heteroatoms. The lowest BCUT2D eigenvalue weighted by molar-refractivity contribution is -0.166. The Bertz CT molecular complexity index is 693. The standard InChI is InChI=1S/C20H22O4/c1-3-4-6-11-16-12-18(22)20(2,19(23)17(16)13-21)24-14-15-9-7-5-8-10-15/h3-5,7-10,12,17,19,21,23H,13-14H2,1-2H3/b4-3+/t17-,19+,20-/m1/s1. The van der Waals surface area contributed by atoms with E-state index in [-0.39, 0.29) is 19.0 Å². The van der Waals surface area contributed by atoms with Gasteiger partial charge in [-0.25, -0.2) is 0 Å². The van der Waals surface area contributed by atoms with Crippen LogP contribution in [0.3, 0.4) is 0 Å². The minimum absolute atomic E-state index is 0.200. The minimum Gasteiger partial charge on any atom is -0.396 e. The second kappa shape index (κ2) is 8.07. The highest BCUT2D eigenvalue weighted by molar-refractivity contribution is 5.99. The number of aliphatic hydroxyl groups is 2. The van der Waals surface area contributed by atoms with Gasteiger partial charge in [-0.05, 0) is 31.6 Å². The van der Waals surface area contributed by atoms with Crippen LogP contribution in [0.1, 0.15) is 19.4 Å². The molecule has 1 aromatic rings. The van der Waals surface area contributed by atoms with Crippen LogP contribution in [0.2, 0.25) is 0 Å². The zero-order chi connectivity index (χ0) is 17.6. The van der Waals surface area contributed by atoms with Gasteiger partial charge in [0.2, 0.25) is 0 Å². The van der Waals surface area contributed by atoms with E-state index in [1.807, 2.05) is 37.3 Å². The Morgan fingerprint density at radius 2 is 2.04 bits per heavy atom. The van der Waals surface area contributed by atoms with Crippen LogP contribution in [-0.4, -0.2) is 34.3 Å². The SMILES string of the molecule is C/C=C/C#CC1=CC(=O)[C@@](C)(OCc2ccccc2)[C@@H](O)[C@@H]1CO. The molecule has 0 bridgehead atoms. The van der Waals surface area contributed by atoms with Crippen LogP contribution in [0.15, 0.2) is 54.1 Å². The molecule has 1 aliphatic carbocycles. The lowest BCUT2D eigenvalue weighted by atomic mass is 9.75. The summed E-state index contributed by atoms with van der Waals surface area (Å²) in [6.07, 6.45) is 3.62.